The van der Waals surface area contributed by atoms with Gasteiger partial charge >= 0.3 is 10.9 Å². The summed E-state index contributed by atoms with van der Waals surface area (Å²) in [7, 11) is 0. The first-order valence-electron chi connectivity index (χ1n) is 13.4. The van der Waals surface area contributed by atoms with Crippen LogP contribution in [0.4, 0.5) is 5.69 Å². The van der Waals surface area contributed by atoms with E-state index in [9.17, 15) is 18.9 Å². The third-order valence-corrected chi connectivity index (χ3v) is 4.86. The van der Waals surface area contributed by atoms with Crippen LogP contribution in [0.2, 0.25) is 10.4 Å². The molecule has 0 saturated carbocycles. The summed E-state index contributed by atoms with van der Waals surface area (Å²) in [6.45, 7) is 12.0. The van der Waals surface area contributed by atoms with E-state index >= 15 is 0 Å². The van der Waals surface area contributed by atoms with E-state index in [4.69, 9.17) is 34.7 Å². The first kappa shape index (κ1) is 54.3. The first-order valence-corrected chi connectivity index (χ1v) is 18.6. The zero-order valence-electron chi connectivity index (χ0n) is 25.4. The standard InChI is InChI=1S/C8H4Cl2N2.C8H6N2O2.C7H8N2O.3C2H6.3CH4.Cl3OP/c9-7-5-3-1-2-4-6(5)11-8(10)12-7;11-7-5-3-1-2-4-6(5)9-8(12)10-7;8-6-4-2-1-3-5(6)7(9)10;3*1-2;;;;1-5(2,3)4/h1-4H;1-4H,(H2,9,10,11,12);1-4H,8H2,(H2,9,10);3*1-2H3;3*1H4;. The van der Waals surface area contributed by atoms with Gasteiger partial charge in [0.1, 0.15) is 5.15 Å². The van der Waals surface area contributed by atoms with Crippen LogP contribution in [-0.4, -0.2) is 25.8 Å². The van der Waals surface area contributed by atoms with Crippen molar-refractivity contribution in [3.05, 3.63) is 110 Å². The highest BCUT2D eigenvalue weighted by molar-refractivity contribution is 8.24. The molecule has 0 fully saturated rings. The smallest absolute Gasteiger partial charge is 0.339 e. The number of halogens is 5. The minimum Gasteiger partial charge on any atom is -0.398 e. The molecule has 10 nitrogen and oxygen atoms in total. The Hall–Kier alpha value is -3.11. The van der Waals surface area contributed by atoms with E-state index < -0.39 is 16.8 Å². The highest BCUT2D eigenvalue weighted by Crippen LogP contribution is 2.61. The zero-order chi connectivity index (χ0) is 35.2. The van der Waals surface area contributed by atoms with E-state index in [0.29, 0.717) is 27.3 Å². The average molecular weight is 789 g/mol. The summed E-state index contributed by atoms with van der Waals surface area (Å²) >= 11 is 25.3. The van der Waals surface area contributed by atoms with Gasteiger partial charge in [-0.1, -0.05) is 112 Å². The number of primary amides is 1. The fourth-order valence-corrected chi connectivity index (χ4v) is 3.31. The van der Waals surface area contributed by atoms with Gasteiger partial charge in [-0.15, -0.1) is 0 Å². The number of fused-ring (bicyclic) bond motifs is 2. The third kappa shape index (κ3) is 22.5. The van der Waals surface area contributed by atoms with Crippen molar-refractivity contribution in [3.8, 4) is 0 Å². The lowest BCUT2D eigenvalue weighted by Gasteiger charge is -1.97. The number of carbonyl (C=O) groups is 1. The molecule has 3 aromatic carbocycles. The summed E-state index contributed by atoms with van der Waals surface area (Å²) in [5.74, 6) is -0.488. The van der Waals surface area contributed by atoms with Crippen LogP contribution >= 0.6 is 62.1 Å². The number of aromatic nitrogens is 4. The fraction of sp³-hybridized carbons (Fsp3) is 0.281. The van der Waals surface area contributed by atoms with Gasteiger partial charge < -0.3 is 16.5 Å². The number of benzene rings is 3. The Morgan fingerprint density at radius 2 is 1.15 bits per heavy atom. The minimum absolute atomic E-state index is 0. The molecule has 6 N–H and O–H groups in total. The van der Waals surface area contributed by atoms with Crippen LogP contribution < -0.4 is 22.7 Å². The molecule has 5 rings (SSSR count). The molecule has 0 aliphatic heterocycles. The van der Waals surface area contributed by atoms with Crippen LogP contribution in [-0.2, 0) is 4.57 Å². The number of nitrogens with two attached hydrogens (primary N) is 2. The monoisotopic (exact) mass is 786 g/mol. The Labute approximate surface area is 308 Å². The fourth-order valence-electron chi connectivity index (χ4n) is 2.85. The molecular weight excluding hydrogens is 741 g/mol. The molecule has 270 valence electrons. The summed E-state index contributed by atoms with van der Waals surface area (Å²) in [4.78, 5) is 45.0. The molecule has 16 heteroatoms. The average Bonchev–Trinajstić information content (AvgIpc) is 3.00. The van der Waals surface area contributed by atoms with Gasteiger partial charge in [-0.25, -0.2) is 14.8 Å². The predicted molar refractivity (Wildman–Crippen MR) is 214 cm³/mol. The molecule has 0 saturated heterocycles. The number of anilines is 1. The molecule has 0 bridgehead atoms. The van der Waals surface area contributed by atoms with Crippen LogP contribution in [0.5, 0.6) is 0 Å². The van der Waals surface area contributed by atoms with Gasteiger partial charge in [0.05, 0.1) is 22.0 Å². The molecule has 48 heavy (non-hydrogen) atoms. The normalized spacial score (nSPS) is 8.73. The lowest BCUT2D eigenvalue weighted by Crippen LogP contribution is -2.21. The quantitative estimate of drug-likeness (QED) is 0.0565. The van der Waals surface area contributed by atoms with E-state index in [1.165, 1.54) is 0 Å². The zero-order valence-corrected chi connectivity index (χ0v) is 30.1. The summed E-state index contributed by atoms with van der Waals surface area (Å²) in [5, 5.41) is -1.33. The molecule has 0 aliphatic carbocycles. The number of para-hydroxylation sites is 3. The van der Waals surface area contributed by atoms with Crippen LogP contribution in [0.3, 0.4) is 0 Å². The van der Waals surface area contributed by atoms with Gasteiger partial charge in [-0.05, 0) is 81.7 Å². The van der Waals surface area contributed by atoms with Crippen molar-refractivity contribution < 1.29 is 9.36 Å². The van der Waals surface area contributed by atoms with Gasteiger partial charge in [-0.3, -0.25) is 19.1 Å². The van der Waals surface area contributed by atoms with Gasteiger partial charge in [0.15, 0.2) is 0 Å². The van der Waals surface area contributed by atoms with E-state index in [1.807, 2.05) is 65.8 Å². The summed E-state index contributed by atoms with van der Waals surface area (Å²) in [5.41, 5.74) is 11.7. The molecule has 5 aromatic rings. The van der Waals surface area contributed by atoms with Crippen LogP contribution in [0, 0.1) is 0 Å². The van der Waals surface area contributed by atoms with E-state index in [-0.39, 0.29) is 33.1 Å². The van der Waals surface area contributed by atoms with Gasteiger partial charge in [-0.2, -0.15) is 0 Å². The number of aromatic amines is 2. The molecular formula is C32H48Cl5N6O4P. The van der Waals surface area contributed by atoms with Crippen molar-refractivity contribution in [2.24, 2.45) is 5.73 Å². The Kier molecular flexibility index (Phi) is 33.9. The Morgan fingerprint density at radius 1 is 0.708 bits per heavy atom. The number of nitrogens with one attached hydrogen (secondary N) is 2. The molecule has 1 amide bonds. The van der Waals surface area contributed by atoms with Crippen molar-refractivity contribution in [1.82, 2.24) is 19.9 Å². The van der Waals surface area contributed by atoms with Crippen LogP contribution in [0.25, 0.3) is 21.8 Å². The molecule has 2 heterocycles. The van der Waals surface area contributed by atoms with Crippen molar-refractivity contribution in [3.63, 3.8) is 0 Å². The van der Waals surface area contributed by atoms with Crippen LogP contribution in [0.15, 0.2) is 82.4 Å². The second kappa shape index (κ2) is 30.0. The lowest BCUT2D eigenvalue weighted by molar-refractivity contribution is 0.100. The summed E-state index contributed by atoms with van der Waals surface area (Å²) in [6, 6.07) is 21.0. The van der Waals surface area contributed by atoms with Crippen molar-refractivity contribution in [2.45, 2.75) is 63.8 Å². The van der Waals surface area contributed by atoms with Gasteiger partial charge in [0, 0.05) is 11.1 Å². The number of nitrogen functional groups attached to an aromatic ring is 1. The van der Waals surface area contributed by atoms with Crippen molar-refractivity contribution in [2.75, 3.05) is 5.73 Å². The largest absolute Gasteiger partial charge is 0.398 e. The molecule has 2 aromatic heterocycles. The summed E-state index contributed by atoms with van der Waals surface area (Å²) in [6.07, 6.45) is 0. The highest BCUT2D eigenvalue weighted by atomic mass is 36.0. The maximum absolute atomic E-state index is 11.1. The highest BCUT2D eigenvalue weighted by Gasteiger charge is 2.03. The molecule has 0 spiro atoms. The number of H-pyrrole nitrogens is 2. The topological polar surface area (TPSA) is 178 Å². The number of carbonyl (C=O) groups excluding carboxylic acids is 1. The number of amides is 1. The van der Waals surface area contributed by atoms with Gasteiger partial charge in [0.2, 0.25) is 5.28 Å². The number of hydrogen-bond donors (Lipinski definition) is 4. The van der Waals surface area contributed by atoms with E-state index in [1.54, 1.807) is 48.5 Å². The second-order valence-electron chi connectivity index (χ2n) is 7.10. The van der Waals surface area contributed by atoms with E-state index in [2.05, 4.69) is 53.7 Å². The predicted octanol–water partition coefficient (Wildman–Crippen LogP) is 11.3. The third-order valence-electron chi connectivity index (χ3n) is 4.40. The molecule has 0 atom stereocenters. The number of hydrogen-bond acceptors (Lipinski definition) is 7. The Morgan fingerprint density at radius 3 is 1.62 bits per heavy atom. The SMILES string of the molecule is C.C.C.CC.CC.CC.Clc1nc(Cl)c2ccccc2n1.NC(=O)c1ccccc1N.O=P(Cl)(Cl)Cl.O=c1[nH]c(=O)c2ccccc2[nH]1. The van der Waals surface area contributed by atoms with Crippen molar-refractivity contribution in [1.29, 1.82) is 0 Å². The second-order valence-corrected chi connectivity index (χ2v) is 14.4. The van der Waals surface area contributed by atoms with Gasteiger partial charge in [0.25, 0.3) is 11.5 Å². The summed E-state index contributed by atoms with van der Waals surface area (Å²) < 4.78 is 9.51. The molecule has 0 aliphatic rings. The molecule has 0 unspecified atom stereocenters. The molecule has 0 radical (unpaired) electrons. The number of rotatable bonds is 1. The first-order chi connectivity index (χ1) is 21.3. The van der Waals surface area contributed by atoms with E-state index in [0.717, 1.165) is 10.9 Å². The number of nitrogens with zero attached hydrogens (tertiary/aromatic N) is 2. The Bertz CT molecular complexity index is 1760. The maximum atomic E-state index is 11.1. The lowest BCUT2D eigenvalue weighted by atomic mass is 10.2. The maximum Gasteiger partial charge on any atom is 0.339 e. The van der Waals surface area contributed by atoms with Crippen molar-refractivity contribution >= 4 is 95.5 Å². The minimum atomic E-state index is -3.22. The van der Waals surface area contributed by atoms with Crippen LogP contribution in [0.1, 0.15) is 74.2 Å². The Balaban J connectivity index is -0.000000164.